The topological polar surface area (TPSA) is 52.5 Å². The van der Waals surface area contributed by atoms with Gasteiger partial charge in [0, 0.05) is 12.6 Å². The van der Waals surface area contributed by atoms with Crippen LogP contribution in [0.3, 0.4) is 0 Å². The Morgan fingerprint density at radius 3 is 2.11 bits per heavy atom. The van der Waals surface area contributed by atoms with Crippen LogP contribution < -0.4 is 5.32 Å². The first-order valence-corrected chi connectivity index (χ1v) is 7.24. The average Bonchev–Trinajstić information content (AvgIpc) is 2.47. The highest BCUT2D eigenvalue weighted by atomic mass is 16.3. The molecule has 1 rings (SSSR count). The first-order chi connectivity index (χ1) is 9.12. The SMILES string of the molecule is CCC(CO)NCC(O)c1ccc(C(C)CC)cc1. The molecule has 0 spiro atoms. The Morgan fingerprint density at radius 1 is 1.05 bits per heavy atom. The molecular weight excluding hydrogens is 238 g/mol. The molecule has 0 aromatic heterocycles. The van der Waals surface area contributed by atoms with E-state index in [1.54, 1.807) is 0 Å². The Morgan fingerprint density at radius 2 is 1.63 bits per heavy atom. The molecule has 3 unspecified atom stereocenters. The summed E-state index contributed by atoms with van der Waals surface area (Å²) in [6, 6.07) is 8.24. The Bertz CT molecular complexity index is 346. The van der Waals surface area contributed by atoms with Gasteiger partial charge in [-0.15, -0.1) is 0 Å². The summed E-state index contributed by atoms with van der Waals surface area (Å²) >= 11 is 0. The first kappa shape index (κ1) is 16.2. The average molecular weight is 265 g/mol. The van der Waals surface area contributed by atoms with Gasteiger partial charge >= 0.3 is 0 Å². The number of benzene rings is 1. The zero-order chi connectivity index (χ0) is 14.3. The van der Waals surface area contributed by atoms with Crippen LogP contribution in [0.1, 0.15) is 56.8 Å². The molecule has 0 bridgehead atoms. The normalized spacial score (nSPS) is 16.1. The molecule has 0 aliphatic carbocycles. The van der Waals surface area contributed by atoms with E-state index in [-0.39, 0.29) is 12.6 Å². The minimum Gasteiger partial charge on any atom is -0.395 e. The van der Waals surface area contributed by atoms with Gasteiger partial charge in [-0.05, 0) is 29.9 Å². The minimum absolute atomic E-state index is 0.0639. The van der Waals surface area contributed by atoms with Gasteiger partial charge in [-0.25, -0.2) is 0 Å². The third-order valence-corrected chi connectivity index (χ3v) is 3.82. The predicted octanol–water partition coefficient (Wildman–Crippen LogP) is 2.59. The van der Waals surface area contributed by atoms with Crippen LogP contribution in [0, 0.1) is 0 Å². The van der Waals surface area contributed by atoms with Gasteiger partial charge in [-0.3, -0.25) is 0 Å². The molecule has 0 saturated carbocycles. The minimum atomic E-state index is -0.522. The lowest BCUT2D eigenvalue weighted by atomic mass is 9.96. The third-order valence-electron chi connectivity index (χ3n) is 3.82. The van der Waals surface area contributed by atoms with E-state index in [0.717, 1.165) is 18.4 Å². The van der Waals surface area contributed by atoms with E-state index in [1.165, 1.54) is 5.56 Å². The highest BCUT2D eigenvalue weighted by molar-refractivity contribution is 5.26. The van der Waals surface area contributed by atoms with Crippen molar-refractivity contribution in [1.82, 2.24) is 5.32 Å². The van der Waals surface area contributed by atoms with E-state index < -0.39 is 6.10 Å². The van der Waals surface area contributed by atoms with Crippen LogP contribution in [0.15, 0.2) is 24.3 Å². The lowest BCUT2D eigenvalue weighted by Gasteiger charge is -2.18. The second-order valence-electron chi connectivity index (χ2n) is 5.19. The number of aliphatic hydroxyl groups excluding tert-OH is 2. The molecule has 3 heteroatoms. The van der Waals surface area contributed by atoms with Crippen LogP contribution in [0.2, 0.25) is 0 Å². The van der Waals surface area contributed by atoms with Crippen LogP contribution >= 0.6 is 0 Å². The Kier molecular flexibility index (Phi) is 7.06. The van der Waals surface area contributed by atoms with Gasteiger partial charge in [0.05, 0.1) is 12.7 Å². The zero-order valence-electron chi connectivity index (χ0n) is 12.3. The predicted molar refractivity (Wildman–Crippen MR) is 79.3 cm³/mol. The number of nitrogens with one attached hydrogen (secondary N) is 1. The van der Waals surface area contributed by atoms with Crippen molar-refractivity contribution < 1.29 is 10.2 Å². The van der Waals surface area contributed by atoms with Crippen LogP contribution in [0.5, 0.6) is 0 Å². The molecule has 0 saturated heterocycles. The molecule has 0 heterocycles. The van der Waals surface area contributed by atoms with Crippen LogP contribution in [0.25, 0.3) is 0 Å². The molecule has 108 valence electrons. The number of hydrogen-bond donors (Lipinski definition) is 3. The van der Waals surface area contributed by atoms with Crippen LogP contribution in [0.4, 0.5) is 0 Å². The lowest BCUT2D eigenvalue weighted by molar-refractivity contribution is 0.158. The molecule has 3 nitrogen and oxygen atoms in total. The van der Waals surface area contributed by atoms with Gasteiger partial charge in [0.2, 0.25) is 0 Å². The van der Waals surface area contributed by atoms with E-state index in [2.05, 4.69) is 31.3 Å². The smallest absolute Gasteiger partial charge is 0.0914 e. The van der Waals surface area contributed by atoms with Crippen molar-refractivity contribution in [2.75, 3.05) is 13.2 Å². The summed E-state index contributed by atoms with van der Waals surface area (Å²) < 4.78 is 0. The summed E-state index contributed by atoms with van der Waals surface area (Å²) in [4.78, 5) is 0. The zero-order valence-corrected chi connectivity index (χ0v) is 12.3. The number of aliphatic hydroxyl groups is 2. The molecule has 0 aliphatic rings. The highest BCUT2D eigenvalue weighted by Crippen LogP contribution is 2.21. The first-order valence-electron chi connectivity index (χ1n) is 7.24. The summed E-state index contributed by atoms with van der Waals surface area (Å²) in [7, 11) is 0. The van der Waals surface area contributed by atoms with Crippen molar-refractivity contribution >= 4 is 0 Å². The van der Waals surface area contributed by atoms with Crippen molar-refractivity contribution in [2.24, 2.45) is 0 Å². The summed E-state index contributed by atoms with van der Waals surface area (Å²) in [5, 5.41) is 22.4. The van der Waals surface area contributed by atoms with Crippen molar-refractivity contribution in [3.63, 3.8) is 0 Å². The molecule has 0 fully saturated rings. The molecule has 0 amide bonds. The van der Waals surface area contributed by atoms with Crippen molar-refractivity contribution in [3.05, 3.63) is 35.4 Å². The van der Waals surface area contributed by atoms with Gasteiger partial charge in [0.15, 0.2) is 0 Å². The van der Waals surface area contributed by atoms with E-state index in [0.29, 0.717) is 12.5 Å². The fraction of sp³-hybridized carbons (Fsp3) is 0.625. The third kappa shape index (κ3) is 4.94. The van der Waals surface area contributed by atoms with Gasteiger partial charge in [-0.2, -0.15) is 0 Å². The van der Waals surface area contributed by atoms with Gasteiger partial charge in [0.1, 0.15) is 0 Å². The van der Waals surface area contributed by atoms with Gasteiger partial charge < -0.3 is 15.5 Å². The van der Waals surface area contributed by atoms with Crippen LogP contribution in [-0.2, 0) is 0 Å². The monoisotopic (exact) mass is 265 g/mol. The Balaban J connectivity index is 2.55. The lowest BCUT2D eigenvalue weighted by Crippen LogP contribution is -2.34. The number of hydrogen-bond acceptors (Lipinski definition) is 3. The van der Waals surface area contributed by atoms with E-state index in [1.807, 2.05) is 19.1 Å². The van der Waals surface area contributed by atoms with E-state index in [4.69, 9.17) is 5.11 Å². The molecule has 0 radical (unpaired) electrons. The summed E-state index contributed by atoms with van der Waals surface area (Å²) in [5.41, 5.74) is 2.24. The van der Waals surface area contributed by atoms with Crippen molar-refractivity contribution in [3.8, 4) is 0 Å². The molecule has 19 heavy (non-hydrogen) atoms. The number of rotatable bonds is 8. The summed E-state index contributed by atoms with van der Waals surface area (Å²) in [6.07, 6.45) is 1.46. The van der Waals surface area contributed by atoms with Gasteiger partial charge in [0.25, 0.3) is 0 Å². The standard InChI is InChI=1S/C16H27NO2/c1-4-12(3)13-6-8-14(9-7-13)16(19)10-17-15(5-2)11-18/h6-9,12,15-19H,4-5,10-11H2,1-3H3. The van der Waals surface area contributed by atoms with Crippen LogP contribution in [-0.4, -0.2) is 29.4 Å². The molecule has 3 atom stereocenters. The Labute approximate surface area is 116 Å². The second-order valence-corrected chi connectivity index (χ2v) is 5.19. The highest BCUT2D eigenvalue weighted by Gasteiger charge is 2.11. The molecule has 0 aliphatic heterocycles. The van der Waals surface area contributed by atoms with Crippen molar-refractivity contribution in [1.29, 1.82) is 0 Å². The molecular formula is C16H27NO2. The van der Waals surface area contributed by atoms with Crippen molar-refractivity contribution in [2.45, 2.75) is 51.7 Å². The molecule has 3 N–H and O–H groups in total. The quantitative estimate of drug-likeness (QED) is 0.677. The summed E-state index contributed by atoms with van der Waals surface area (Å²) in [6.45, 7) is 6.98. The maximum absolute atomic E-state index is 10.1. The largest absolute Gasteiger partial charge is 0.395 e. The van der Waals surface area contributed by atoms with Gasteiger partial charge in [-0.1, -0.05) is 45.0 Å². The molecule has 1 aromatic carbocycles. The maximum Gasteiger partial charge on any atom is 0.0914 e. The van der Waals surface area contributed by atoms with E-state index in [9.17, 15) is 5.11 Å². The fourth-order valence-corrected chi connectivity index (χ4v) is 2.02. The Hall–Kier alpha value is -0.900. The second kappa shape index (κ2) is 8.31. The maximum atomic E-state index is 10.1. The van der Waals surface area contributed by atoms with E-state index >= 15 is 0 Å². The fourth-order valence-electron chi connectivity index (χ4n) is 2.02. The molecule has 1 aromatic rings. The summed E-state index contributed by atoms with van der Waals surface area (Å²) in [5.74, 6) is 0.558.